The molecule has 2 N–H and O–H groups in total. The molecule has 1 aromatic carbocycles. The van der Waals surface area contributed by atoms with Crippen LogP contribution in [0.15, 0.2) is 24.3 Å². The van der Waals surface area contributed by atoms with E-state index in [1.54, 1.807) is 0 Å². The molecule has 0 aliphatic carbocycles. The topological polar surface area (TPSA) is 41.5 Å². The van der Waals surface area contributed by atoms with E-state index in [1.165, 1.54) is 5.56 Å². The molecule has 0 bridgehead atoms. The molecule has 19 heavy (non-hydrogen) atoms. The van der Waals surface area contributed by atoms with E-state index < -0.39 is 0 Å². The van der Waals surface area contributed by atoms with Gasteiger partial charge in [-0.05, 0) is 49.4 Å². The third-order valence-corrected chi connectivity index (χ3v) is 3.41. The molecule has 1 rings (SSSR count). The molecule has 0 amide bonds. The summed E-state index contributed by atoms with van der Waals surface area (Å²) in [5.41, 5.74) is 1.31. The number of ether oxygens (including phenoxy) is 1. The Morgan fingerprint density at radius 2 is 1.89 bits per heavy atom. The summed E-state index contributed by atoms with van der Waals surface area (Å²) in [5.74, 6) is 1.79. The Labute approximate surface area is 117 Å². The second-order valence-electron chi connectivity index (χ2n) is 5.22. The highest BCUT2D eigenvalue weighted by Gasteiger charge is 2.10. The van der Waals surface area contributed by atoms with E-state index in [1.807, 2.05) is 19.1 Å². The van der Waals surface area contributed by atoms with Crippen molar-refractivity contribution in [3.63, 3.8) is 0 Å². The van der Waals surface area contributed by atoms with E-state index in [9.17, 15) is 5.11 Å². The monoisotopic (exact) mass is 265 g/mol. The molecule has 108 valence electrons. The van der Waals surface area contributed by atoms with E-state index in [0.29, 0.717) is 18.4 Å². The maximum Gasteiger partial charge on any atom is 0.119 e. The van der Waals surface area contributed by atoms with Gasteiger partial charge in [0, 0.05) is 13.2 Å². The van der Waals surface area contributed by atoms with Crippen molar-refractivity contribution in [3.8, 4) is 5.75 Å². The van der Waals surface area contributed by atoms with Crippen molar-refractivity contribution in [2.45, 2.75) is 27.2 Å². The fourth-order valence-corrected chi connectivity index (χ4v) is 1.95. The third-order valence-electron chi connectivity index (χ3n) is 3.41. The Hall–Kier alpha value is -1.06. The Bertz CT molecular complexity index is 335. The molecule has 1 aromatic rings. The molecule has 1 atom stereocenters. The minimum atomic E-state index is 0.258. The predicted octanol–water partition coefficient (Wildman–Crippen LogP) is 2.48. The molecule has 0 aliphatic heterocycles. The van der Waals surface area contributed by atoms with Gasteiger partial charge in [-0.15, -0.1) is 0 Å². The van der Waals surface area contributed by atoms with Crippen LogP contribution in [0.2, 0.25) is 0 Å². The van der Waals surface area contributed by atoms with Crippen LogP contribution >= 0.6 is 0 Å². The van der Waals surface area contributed by atoms with Gasteiger partial charge in [0.1, 0.15) is 5.75 Å². The van der Waals surface area contributed by atoms with Gasteiger partial charge in [0.2, 0.25) is 0 Å². The zero-order valence-corrected chi connectivity index (χ0v) is 12.4. The SMILES string of the molecule is CCOc1ccc(CCNCC(CO)C(C)C)cc1. The summed E-state index contributed by atoms with van der Waals surface area (Å²) in [6.07, 6.45) is 1.00. The van der Waals surface area contributed by atoms with E-state index >= 15 is 0 Å². The smallest absolute Gasteiger partial charge is 0.119 e. The molecule has 0 saturated carbocycles. The molecule has 0 fully saturated rings. The van der Waals surface area contributed by atoms with Crippen LogP contribution in [0.25, 0.3) is 0 Å². The number of aliphatic hydroxyl groups is 1. The van der Waals surface area contributed by atoms with Crippen LogP contribution in [0.3, 0.4) is 0 Å². The van der Waals surface area contributed by atoms with E-state index in [0.717, 1.165) is 25.3 Å². The normalized spacial score (nSPS) is 12.7. The van der Waals surface area contributed by atoms with Gasteiger partial charge < -0.3 is 15.2 Å². The van der Waals surface area contributed by atoms with Crippen LogP contribution in [0.4, 0.5) is 0 Å². The summed E-state index contributed by atoms with van der Waals surface area (Å²) >= 11 is 0. The summed E-state index contributed by atoms with van der Waals surface area (Å²) in [4.78, 5) is 0. The highest BCUT2D eigenvalue weighted by Crippen LogP contribution is 2.12. The first kappa shape index (κ1) is 16.0. The average molecular weight is 265 g/mol. The lowest BCUT2D eigenvalue weighted by Gasteiger charge is -2.18. The molecular formula is C16H27NO2. The van der Waals surface area contributed by atoms with E-state index in [-0.39, 0.29) is 6.61 Å². The Balaban J connectivity index is 2.25. The van der Waals surface area contributed by atoms with E-state index in [2.05, 4.69) is 31.3 Å². The van der Waals surface area contributed by atoms with Crippen molar-refractivity contribution >= 4 is 0 Å². The predicted molar refractivity (Wildman–Crippen MR) is 79.6 cm³/mol. The molecule has 0 saturated heterocycles. The standard InChI is InChI=1S/C16H27NO2/c1-4-19-16-7-5-14(6-8-16)9-10-17-11-15(12-18)13(2)3/h5-8,13,15,17-18H,4,9-12H2,1-3H3. The van der Waals surface area contributed by atoms with Crippen molar-refractivity contribution < 1.29 is 9.84 Å². The van der Waals surface area contributed by atoms with Crippen molar-refractivity contribution in [1.29, 1.82) is 0 Å². The lowest BCUT2D eigenvalue weighted by Crippen LogP contribution is -2.30. The zero-order chi connectivity index (χ0) is 14.1. The minimum absolute atomic E-state index is 0.258. The molecular weight excluding hydrogens is 238 g/mol. The molecule has 0 spiro atoms. The van der Waals surface area contributed by atoms with Gasteiger partial charge >= 0.3 is 0 Å². The largest absolute Gasteiger partial charge is 0.494 e. The highest BCUT2D eigenvalue weighted by atomic mass is 16.5. The summed E-state index contributed by atoms with van der Waals surface area (Å²) in [6.45, 7) is 9.07. The first-order valence-electron chi connectivity index (χ1n) is 7.20. The number of hydrogen-bond donors (Lipinski definition) is 2. The number of benzene rings is 1. The van der Waals surface area contributed by atoms with Crippen LogP contribution < -0.4 is 10.1 Å². The maximum atomic E-state index is 9.24. The average Bonchev–Trinajstić information content (AvgIpc) is 2.40. The number of hydrogen-bond acceptors (Lipinski definition) is 3. The van der Waals surface area contributed by atoms with Crippen molar-refractivity contribution in [2.24, 2.45) is 11.8 Å². The quantitative estimate of drug-likeness (QED) is 0.674. The lowest BCUT2D eigenvalue weighted by atomic mass is 9.97. The Morgan fingerprint density at radius 3 is 2.42 bits per heavy atom. The van der Waals surface area contributed by atoms with Crippen molar-refractivity contribution in [1.82, 2.24) is 5.32 Å². The van der Waals surface area contributed by atoms with Crippen LogP contribution in [-0.4, -0.2) is 31.4 Å². The van der Waals surface area contributed by atoms with Gasteiger partial charge in [0.15, 0.2) is 0 Å². The summed E-state index contributed by atoms with van der Waals surface area (Å²) < 4.78 is 5.42. The first-order chi connectivity index (χ1) is 9.17. The molecule has 3 nitrogen and oxygen atoms in total. The van der Waals surface area contributed by atoms with Gasteiger partial charge in [0.05, 0.1) is 6.61 Å². The van der Waals surface area contributed by atoms with Gasteiger partial charge in [-0.25, -0.2) is 0 Å². The van der Waals surface area contributed by atoms with E-state index in [4.69, 9.17) is 4.74 Å². The van der Waals surface area contributed by atoms with Crippen LogP contribution in [0.1, 0.15) is 26.3 Å². The second kappa shape index (κ2) is 8.94. The highest BCUT2D eigenvalue weighted by molar-refractivity contribution is 5.27. The fourth-order valence-electron chi connectivity index (χ4n) is 1.95. The molecule has 3 heteroatoms. The molecule has 1 unspecified atom stereocenters. The first-order valence-corrected chi connectivity index (χ1v) is 7.20. The fraction of sp³-hybridized carbons (Fsp3) is 0.625. The second-order valence-corrected chi connectivity index (χ2v) is 5.22. The molecule has 0 aromatic heterocycles. The number of rotatable bonds is 9. The Morgan fingerprint density at radius 1 is 1.21 bits per heavy atom. The van der Waals surface area contributed by atoms with Gasteiger partial charge in [-0.1, -0.05) is 26.0 Å². The lowest BCUT2D eigenvalue weighted by molar-refractivity contribution is 0.186. The van der Waals surface area contributed by atoms with Gasteiger partial charge in [0.25, 0.3) is 0 Å². The number of aliphatic hydroxyl groups excluding tert-OH is 1. The summed E-state index contributed by atoms with van der Waals surface area (Å²) in [7, 11) is 0. The number of nitrogens with one attached hydrogen (secondary N) is 1. The zero-order valence-electron chi connectivity index (χ0n) is 12.4. The van der Waals surface area contributed by atoms with Crippen LogP contribution in [0, 0.1) is 11.8 Å². The van der Waals surface area contributed by atoms with Crippen molar-refractivity contribution in [3.05, 3.63) is 29.8 Å². The van der Waals surface area contributed by atoms with Crippen molar-refractivity contribution in [2.75, 3.05) is 26.3 Å². The molecule has 0 aliphatic rings. The van der Waals surface area contributed by atoms with Crippen LogP contribution in [-0.2, 0) is 6.42 Å². The van der Waals surface area contributed by atoms with Gasteiger partial charge in [-0.2, -0.15) is 0 Å². The minimum Gasteiger partial charge on any atom is -0.494 e. The molecule has 0 radical (unpaired) electrons. The maximum absolute atomic E-state index is 9.24. The van der Waals surface area contributed by atoms with Gasteiger partial charge in [-0.3, -0.25) is 0 Å². The Kier molecular flexibility index (Phi) is 7.53. The summed E-state index contributed by atoms with van der Waals surface area (Å²) in [6, 6.07) is 8.25. The molecule has 0 heterocycles. The summed E-state index contributed by atoms with van der Waals surface area (Å²) in [5, 5.41) is 12.7. The third kappa shape index (κ3) is 6.08. The van der Waals surface area contributed by atoms with Crippen LogP contribution in [0.5, 0.6) is 5.75 Å².